The van der Waals surface area contributed by atoms with E-state index in [9.17, 15) is 4.79 Å². The van der Waals surface area contributed by atoms with Crippen LogP contribution in [-0.2, 0) is 16.0 Å². The number of hydrogen-bond acceptors (Lipinski definition) is 5. The van der Waals surface area contributed by atoms with E-state index in [1.807, 2.05) is 5.38 Å². The normalized spacial score (nSPS) is 11.7. The van der Waals surface area contributed by atoms with Crippen LogP contribution < -0.4 is 11.1 Å². The first-order chi connectivity index (χ1) is 7.67. The van der Waals surface area contributed by atoms with E-state index in [4.69, 9.17) is 10.5 Å². The minimum atomic E-state index is -0.650. The SMILES string of the molecule is CCCc1csc(NC(=O)C(N)COC)n1.Cl. The zero-order valence-electron chi connectivity index (χ0n) is 9.93. The Bertz CT molecular complexity index is 346. The Labute approximate surface area is 111 Å². The first kappa shape index (κ1) is 16.3. The molecule has 1 aromatic rings. The van der Waals surface area contributed by atoms with Crippen molar-refractivity contribution in [3.63, 3.8) is 0 Å². The van der Waals surface area contributed by atoms with Crippen LogP contribution in [0.25, 0.3) is 0 Å². The van der Waals surface area contributed by atoms with Gasteiger partial charge >= 0.3 is 0 Å². The fourth-order valence-electron chi connectivity index (χ4n) is 1.19. The molecule has 0 saturated carbocycles. The fraction of sp³-hybridized carbons (Fsp3) is 0.600. The largest absolute Gasteiger partial charge is 0.383 e. The number of rotatable bonds is 6. The molecule has 0 aliphatic rings. The number of hydrogen-bond donors (Lipinski definition) is 2. The smallest absolute Gasteiger partial charge is 0.245 e. The summed E-state index contributed by atoms with van der Waals surface area (Å²) in [6, 6.07) is -0.650. The number of ether oxygens (including phenoxy) is 1. The van der Waals surface area contributed by atoms with E-state index in [1.54, 1.807) is 0 Å². The second kappa shape index (κ2) is 8.41. The Morgan fingerprint density at radius 3 is 3.00 bits per heavy atom. The number of carbonyl (C=O) groups excluding carboxylic acids is 1. The summed E-state index contributed by atoms with van der Waals surface area (Å²) in [4.78, 5) is 15.8. The minimum absolute atomic E-state index is 0. The second-order valence-corrected chi connectivity index (χ2v) is 4.30. The van der Waals surface area contributed by atoms with Crippen molar-refractivity contribution in [1.29, 1.82) is 0 Å². The molecule has 98 valence electrons. The number of halogens is 1. The summed E-state index contributed by atoms with van der Waals surface area (Å²) in [7, 11) is 1.51. The third kappa shape index (κ3) is 5.45. The molecular weight excluding hydrogens is 262 g/mol. The van der Waals surface area contributed by atoms with Crippen LogP contribution in [0.15, 0.2) is 5.38 Å². The van der Waals surface area contributed by atoms with Crippen LogP contribution in [0.4, 0.5) is 5.13 Å². The molecule has 0 spiro atoms. The van der Waals surface area contributed by atoms with E-state index >= 15 is 0 Å². The van der Waals surface area contributed by atoms with Crippen molar-refractivity contribution >= 4 is 34.8 Å². The maximum atomic E-state index is 11.5. The van der Waals surface area contributed by atoms with Crippen LogP contribution in [0.3, 0.4) is 0 Å². The van der Waals surface area contributed by atoms with Crippen molar-refractivity contribution in [2.75, 3.05) is 19.0 Å². The first-order valence-corrected chi connectivity index (χ1v) is 6.05. The van der Waals surface area contributed by atoms with Crippen molar-refractivity contribution in [3.8, 4) is 0 Å². The van der Waals surface area contributed by atoms with Gasteiger partial charge in [-0.25, -0.2) is 4.98 Å². The van der Waals surface area contributed by atoms with Crippen molar-refractivity contribution in [3.05, 3.63) is 11.1 Å². The number of nitrogens with one attached hydrogen (secondary N) is 1. The molecule has 17 heavy (non-hydrogen) atoms. The molecule has 0 saturated heterocycles. The van der Waals surface area contributed by atoms with Crippen LogP contribution >= 0.6 is 23.7 Å². The highest BCUT2D eigenvalue weighted by Crippen LogP contribution is 2.16. The van der Waals surface area contributed by atoms with Gasteiger partial charge in [-0.1, -0.05) is 13.3 Å². The van der Waals surface area contributed by atoms with Crippen molar-refractivity contribution in [2.45, 2.75) is 25.8 Å². The average molecular weight is 280 g/mol. The molecule has 0 radical (unpaired) electrons. The van der Waals surface area contributed by atoms with E-state index in [2.05, 4.69) is 17.2 Å². The Morgan fingerprint density at radius 2 is 2.41 bits per heavy atom. The van der Waals surface area contributed by atoms with Gasteiger partial charge in [0.05, 0.1) is 12.3 Å². The van der Waals surface area contributed by atoms with Crippen LogP contribution in [0, 0.1) is 0 Å². The lowest BCUT2D eigenvalue weighted by molar-refractivity contribution is -0.118. The highest BCUT2D eigenvalue weighted by Gasteiger charge is 2.14. The first-order valence-electron chi connectivity index (χ1n) is 5.17. The third-order valence-corrected chi connectivity index (χ3v) is 2.78. The van der Waals surface area contributed by atoms with Gasteiger partial charge in [0.2, 0.25) is 5.91 Å². The lowest BCUT2D eigenvalue weighted by Gasteiger charge is -2.08. The summed E-state index contributed by atoms with van der Waals surface area (Å²) in [6.07, 6.45) is 1.97. The second-order valence-electron chi connectivity index (χ2n) is 3.45. The van der Waals surface area contributed by atoms with Crippen LogP contribution in [0.5, 0.6) is 0 Å². The lowest BCUT2D eigenvalue weighted by Crippen LogP contribution is -2.39. The Balaban J connectivity index is 0.00000256. The summed E-state index contributed by atoms with van der Waals surface area (Å²) >= 11 is 1.41. The quantitative estimate of drug-likeness (QED) is 0.826. The Morgan fingerprint density at radius 1 is 1.71 bits per heavy atom. The molecule has 5 nitrogen and oxygen atoms in total. The summed E-state index contributed by atoms with van der Waals surface area (Å²) in [6.45, 7) is 2.30. The maximum Gasteiger partial charge on any atom is 0.245 e. The van der Waals surface area contributed by atoms with E-state index in [-0.39, 0.29) is 24.9 Å². The molecular formula is C10H18ClN3O2S. The minimum Gasteiger partial charge on any atom is -0.383 e. The van der Waals surface area contributed by atoms with Crippen LogP contribution in [-0.4, -0.2) is 30.6 Å². The highest BCUT2D eigenvalue weighted by molar-refractivity contribution is 7.13. The van der Waals surface area contributed by atoms with Gasteiger partial charge in [0.15, 0.2) is 5.13 Å². The number of nitrogens with two attached hydrogens (primary N) is 1. The number of aryl methyl sites for hydroxylation is 1. The molecule has 0 bridgehead atoms. The van der Waals surface area contributed by atoms with Crippen LogP contribution in [0.1, 0.15) is 19.0 Å². The number of nitrogens with zero attached hydrogens (tertiary/aromatic N) is 1. The van der Waals surface area contributed by atoms with Crippen molar-refractivity contribution in [2.24, 2.45) is 5.73 Å². The number of thiazole rings is 1. The molecule has 1 atom stereocenters. The summed E-state index contributed by atoms with van der Waals surface area (Å²) in [5, 5.41) is 5.21. The fourth-order valence-corrected chi connectivity index (χ4v) is 1.94. The third-order valence-electron chi connectivity index (χ3n) is 1.97. The summed E-state index contributed by atoms with van der Waals surface area (Å²) < 4.78 is 4.80. The summed E-state index contributed by atoms with van der Waals surface area (Å²) in [5.74, 6) is -0.265. The number of anilines is 1. The van der Waals surface area contributed by atoms with Crippen molar-refractivity contribution < 1.29 is 9.53 Å². The molecule has 1 heterocycles. The van der Waals surface area contributed by atoms with Gasteiger partial charge in [-0.3, -0.25) is 4.79 Å². The van der Waals surface area contributed by atoms with E-state index in [0.717, 1.165) is 18.5 Å². The Kier molecular flexibility index (Phi) is 8.07. The van der Waals surface area contributed by atoms with Gasteiger partial charge in [0, 0.05) is 12.5 Å². The predicted octanol–water partition coefficient (Wildman–Crippen LogP) is 1.43. The number of aromatic nitrogens is 1. The number of methoxy groups -OCH3 is 1. The average Bonchev–Trinajstić information content (AvgIpc) is 2.66. The van der Waals surface area contributed by atoms with Gasteiger partial charge in [-0.2, -0.15) is 0 Å². The molecule has 1 rings (SSSR count). The molecule has 1 unspecified atom stereocenters. The molecule has 1 aromatic heterocycles. The van der Waals surface area contributed by atoms with Gasteiger partial charge in [0.1, 0.15) is 6.04 Å². The van der Waals surface area contributed by atoms with Gasteiger partial charge in [0.25, 0.3) is 0 Å². The van der Waals surface area contributed by atoms with E-state index in [1.165, 1.54) is 18.4 Å². The molecule has 1 amide bonds. The standard InChI is InChI=1S/C10H17N3O2S.ClH/c1-3-4-7-6-16-10(12-7)13-9(14)8(11)5-15-2;/h6,8H,3-5,11H2,1-2H3,(H,12,13,14);1H. The lowest BCUT2D eigenvalue weighted by atomic mass is 10.3. The molecule has 3 N–H and O–H groups in total. The zero-order valence-corrected chi connectivity index (χ0v) is 11.6. The topological polar surface area (TPSA) is 77.2 Å². The molecule has 0 aliphatic carbocycles. The van der Waals surface area contributed by atoms with E-state index < -0.39 is 6.04 Å². The van der Waals surface area contributed by atoms with E-state index in [0.29, 0.717) is 5.13 Å². The molecule has 7 heteroatoms. The molecule has 0 aromatic carbocycles. The van der Waals surface area contributed by atoms with Crippen LogP contribution in [0.2, 0.25) is 0 Å². The van der Waals surface area contributed by atoms with Gasteiger partial charge in [-0.05, 0) is 6.42 Å². The highest BCUT2D eigenvalue weighted by atomic mass is 35.5. The van der Waals surface area contributed by atoms with Crippen molar-refractivity contribution in [1.82, 2.24) is 4.98 Å². The predicted molar refractivity (Wildman–Crippen MR) is 71.8 cm³/mol. The maximum absolute atomic E-state index is 11.5. The summed E-state index contributed by atoms with van der Waals surface area (Å²) in [5.41, 5.74) is 6.58. The Hall–Kier alpha value is -0.690. The monoisotopic (exact) mass is 279 g/mol. The molecule has 0 fully saturated rings. The zero-order chi connectivity index (χ0) is 12.0. The van der Waals surface area contributed by atoms with Gasteiger partial charge in [-0.15, -0.1) is 23.7 Å². The number of carbonyl (C=O) groups is 1. The molecule has 0 aliphatic heterocycles. The number of amides is 1. The van der Waals surface area contributed by atoms with Gasteiger partial charge < -0.3 is 15.8 Å².